The molecule has 7 heteroatoms. The molecular formula is C25H22ClF2NO3. The van der Waals surface area contributed by atoms with Crippen LogP contribution in [0.2, 0.25) is 5.02 Å². The number of hydrogen-bond acceptors (Lipinski definition) is 3. The van der Waals surface area contributed by atoms with Gasteiger partial charge in [0.1, 0.15) is 5.82 Å². The first-order valence-corrected chi connectivity index (χ1v) is 10.4. The van der Waals surface area contributed by atoms with Gasteiger partial charge < -0.3 is 10.3 Å². The van der Waals surface area contributed by atoms with E-state index in [1.807, 2.05) is 30.3 Å². The highest BCUT2D eigenvalue weighted by Gasteiger charge is 2.40. The summed E-state index contributed by atoms with van der Waals surface area (Å²) in [6.45, 7) is 0. The van der Waals surface area contributed by atoms with Crippen molar-refractivity contribution in [2.24, 2.45) is 5.16 Å². The molecule has 0 aromatic heterocycles. The molecule has 0 spiro atoms. The number of carboxylic acid groups (broad SMARTS) is 1. The number of alkyl halides is 1. The minimum atomic E-state index is -2.65. The Morgan fingerprint density at radius 1 is 1.03 bits per heavy atom. The molecule has 0 aliphatic heterocycles. The van der Waals surface area contributed by atoms with Crippen LogP contribution < -0.4 is 0 Å². The van der Waals surface area contributed by atoms with Crippen molar-refractivity contribution >= 4 is 23.3 Å². The van der Waals surface area contributed by atoms with Gasteiger partial charge in [0.15, 0.2) is 0 Å². The van der Waals surface area contributed by atoms with Gasteiger partial charge in [0.2, 0.25) is 5.67 Å². The number of oxime groups is 1. The fraction of sp³-hybridized carbons (Fsp3) is 0.200. The zero-order chi connectivity index (χ0) is 23.1. The van der Waals surface area contributed by atoms with Gasteiger partial charge in [-0.25, -0.2) is 13.6 Å². The minimum Gasteiger partial charge on any atom is -0.479 e. The summed E-state index contributed by atoms with van der Waals surface area (Å²) in [6.07, 6.45) is -0.167. The van der Waals surface area contributed by atoms with Crippen molar-refractivity contribution in [2.45, 2.75) is 31.4 Å². The van der Waals surface area contributed by atoms with Crippen LogP contribution in [0.25, 0.3) is 11.1 Å². The summed E-state index contributed by atoms with van der Waals surface area (Å²) in [4.78, 5) is 11.7. The van der Waals surface area contributed by atoms with E-state index in [-0.39, 0.29) is 29.7 Å². The summed E-state index contributed by atoms with van der Waals surface area (Å²) >= 11 is 5.86. The second-order valence-corrected chi connectivity index (χ2v) is 7.97. The molecule has 0 fully saturated rings. The molecule has 1 unspecified atom stereocenters. The largest absolute Gasteiger partial charge is 0.479 e. The summed E-state index contributed by atoms with van der Waals surface area (Å²) in [5.74, 6) is -2.26. The van der Waals surface area contributed by atoms with Crippen LogP contribution >= 0.6 is 11.6 Å². The number of carboxylic acids is 1. The molecule has 32 heavy (non-hydrogen) atoms. The van der Waals surface area contributed by atoms with Crippen molar-refractivity contribution in [3.05, 3.63) is 94.8 Å². The molecule has 0 bridgehead atoms. The van der Waals surface area contributed by atoms with Crippen LogP contribution in [0.1, 0.15) is 30.4 Å². The van der Waals surface area contributed by atoms with Crippen LogP contribution in [0.15, 0.2) is 78.0 Å². The molecule has 3 rings (SSSR count). The molecular weight excluding hydrogens is 436 g/mol. The Labute approximate surface area is 189 Å². The fourth-order valence-electron chi connectivity index (χ4n) is 3.51. The molecule has 3 aromatic rings. The average molecular weight is 458 g/mol. The number of carbonyl (C=O) groups is 1. The fourth-order valence-corrected chi connectivity index (χ4v) is 3.63. The second-order valence-electron chi connectivity index (χ2n) is 7.53. The van der Waals surface area contributed by atoms with Gasteiger partial charge in [0, 0.05) is 22.6 Å². The van der Waals surface area contributed by atoms with Crippen LogP contribution in [-0.2, 0) is 11.2 Å². The van der Waals surface area contributed by atoms with Crippen molar-refractivity contribution in [1.29, 1.82) is 0 Å². The average Bonchev–Trinajstić information content (AvgIpc) is 2.79. The lowest BCUT2D eigenvalue weighted by atomic mass is 9.89. The molecule has 0 aliphatic rings. The smallest absolute Gasteiger partial charge is 0.341 e. The number of halogens is 3. The first-order chi connectivity index (χ1) is 15.3. The van der Waals surface area contributed by atoms with Crippen molar-refractivity contribution in [2.75, 3.05) is 0 Å². The highest BCUT2D eigenvalue weighted by atomic mass is 35.5. The molecule has 2 N–H and O–H groups in total. The number of rotatable bonds is 9. The molecule has 0 radical (unpaired) electrons. The molecule has 0 saturated carbocycles. The van der Waals surface area contributed by atoms with Gasteiger partial charge in [0.25, 0.3) is 0 Å². The van der Waals surface area contributed by atoms with E-state index in [0.29, 0.717) is 17.0 Å². The summed E-state index contributed by atoms with van der Waals surface area (Å²) in [7, 11) is 0. The standard InChI is InChI=1S/C25H22ClF2NO3/c26-20-11-8-18(9-12-20)21-13-10-19(15-22(21)27)23(29-32)16-25(28,24(30)31)14-4-7-17-5-2-1-3-6-17/h1-3,5-6,8-13,15,32H,4,7,14,16H2,(H,30,31)/b29-23+. The van der Waals surface area contributed by atoms with E-state index in [9.17, 15) is 19.5 Å². The second kappa shape index (κ2) is 10.4. The van der Waals surface area contributed by atoms with E-state index in [4.69, 9.17) is 11.6 Å². The van der Waals surface area contributed by atoms with E-state index in [1.54, 1.807) is 24.3 Å². The normalized spacial score (nSPS) is 13.5. The van der Waals surface area contributed by atoms with Gasteiger partial charge in [-0.05, 0) is 48.6 Å². The highest BCUT2D eigenvalue weighted by Crippen LogP contribution is 2.29. The topological polar surface area (TPSA) is 69.9 Å². The predicted octanol–water partition coefficient (Wildman–Crippen LogP) is 6.53. The van der Waals surface area contributed by atoms with Crippen molar-refractivity contribution in [3.8, 4) is 11.1 Å². The van der Waals surface area contributed by atoms with Gasteiger partial charge >= 0.3 is 5.97 Å². The Balaban J connectivity index is 1.76. The Morgan fingerprint density at radius 3 is 2.31 bits per heavy atom. The molecule has 3 aromatic carbocycles. The third-order valence-corrected chi connectivity index (χ3v) is 5.54. The van der Waals surface area contributed by atoms with Crippen molar-refractivity contribution in [3.63, 3.8) is 0 Å². The monoisotopic (exact) mass is 457 g/mol. The summed E-state index contributed by atoms with van der Waals surface area (Å²) in [5, 5.41) is 22.5. The summed E-state index contributed by atoms with van der Waals surface area (Å²) in [5.41, 5.74) is -0.939. The molecule has 0 heterocycles. The lowest BCUT2D eigenvalue weighted by molar-refractivity contribution is -0.151. The highest BCUT2D eigenvalue weighted by molar-refractivity contribution is 6.30. The minimum absolute atomic E-state index is 0.106. The molecule has 0 aliphatic carbocycles. The number of benzene rings is 3. The predicted molar refractivity (Wildman–Crippen MR) is 121 cm³/mol. The number of nitrogens with zero attached hydrogens (tertiary/aromatic N) is 1. The van der Waals surface area contributed by atoms with Crippen LogP contribution in [-0.4, -0.2) is 27.7 Å². The van der Waals surface area contributed by atoms with Gasteiger partial charge in [-0.15, -0.1) is 0 Å². The maximum atomic E-state index is 15.3. The number of aryl methyl sites for hydroxylation is 1. The van der Waals surface area contributed by atoms with E-state index in [0.717, 1.165) is 11.6 Å². The first-order valence-electron chi connectivity index (χ1n) is 10.1. The third-order valence-electron chi connectivity index (χ3n) is 5.29. The first kappa shape index (κ1) is 23.4. The van der Waals surface area contributed by atoms with Gasteiger partial charge in [-0.1, -0.05) is 71.4 Å². The van der Waals surface area contributed by atoms with Gasteiger partial charge in [-0.3, -0.25) is 0 Å². The van der Waals surface area contributed by atoms with E-state index in [1.165, 1.54) is 12.1 Å². The van der Waals surface area contributed by atoms with Crippen LogP contribution in [0.5, 0.6) is 0 Å². The summed E-state index contributed by atoms with van der Waals surface area (Å²) < 4.78 is 30.1. The SMILES string of the molecule is O=C(O)C(F)(CCCc1ccccc1)C/C(=N\O)c1ccc(-c2ccc(Cl)cc2)c(F)c1. The number of hydrogen-bond donors (Lipinski definition) is 2. The zero-order valence-electron chi connectivity index (χ0n) is 17.1. The molecule has 166 valence electrons. The van der Waals surface area contributed by atoms with Crippen LogP contribution in [0, 0.1) is 5.82 Å². The Morgan fingerprint density at radius 2 is 1.72 bits per heavy atom. The molecule has 1 atom stereocenters. The lowest BCUT2D eigenvalue weighted by Crippen LogP contribution is -2.36. The van der Waals surface area contributed by atoms with Gasteiger partial charge in [0.05, 0.1) is 5.71 Å². The molecule has 4 nitrogen and oxygen atoms in total. The maximum absolute atomic E-state index is 15.3. The number of aliphatic carboxylic acids is 1. The van der Waals surface area contributed by atoms with E-state index >= 15 is 4.39 Å². The molecule has 0 saturated heterocycles. The Kier molecular flexibility index (Phi) is 7.59. The molecule has 0 amide bonds. The van der Waals surface area contributed by atoms with Crippen molar-refractivity contribution < 1.29 is 23.9 Å². The Hall–Kier alpha value is -3.25. The summed E-state index contributed by atoms with van der Waals surface area (Å²) in [6, 6.07) is 19.9. The lowest BCUT2D eigenvalue weighted by Gasteiger charge is -2.21. The van der Waals surface area contributed by atoms with Gasteiger partial charge in [-0.2, -0.15) is 0 Å². The van der Waals surface area contributed by atoms with Crippen LogP contribution in [0.3, 0.4) is 0 Å². The third kappa shape index (κ3) is 5.71. The zero-order valence-corrected chi connectivity index (χ0v) is 17.9. The Bertz CT molecular complexity index is 1100. The quantitative estimate of drug-likeness (QED) is 0.218. The van der Waals surface area contributed by atoms with Crippen molar-refractivity contribution in [1.82, 2.24) is 0 Å². The van der Waals surface area contributed by atoms with E-state index < -0.39 is 23.9 Å². The van der Waals surface area contributed by atoms with E-state index in [2.05, 4.69) is 5.16 Å². The maximum Gasteiger partial charge on any atom is 0.341 e. The van der Waals surface area contributed by atoms with Crippen LogP contribution in [0.4, 0.5) is 8.78 Å².